The summed E-state index contributed by atoms with van der Waals surface area (Å²) >= 11 is 13.8. The Morgan fingerprint density at radius 2 is 1.70 bits per heavy atom. The van der Waals surface area contributed by atoms with Gasteiger partial charge >= 0.3 is 0 Å². The fraction of sp³-hybridized carbons (Fsp3) is 0.353. The van der Waals surface area contributed by atoms with Gasteiger partial charge in [-0.25, -0.2) is 0 Å². The molecule has 184 valence electrons. The normalized spacial score (nSPS) is 16.6. The van der Waals surface area contributed by atoms with Gasteiger partial charge < -0.3 is 11.5 Å². The number of hydrogen-bond donors (Lipinski definition) is 4. The second-order valence-corrected chi connectivity index (χ2v) is 12.1. The molecular formula is C17H23Cl2N5O6S3. The molecule has 2 heterocycles. The van der Waals surface area contributed by atoms with Crippen LogP contribution in [0.25, 0.3) is 0 Å². The second-order valence-electron chi connectivity index (χ2n) is 6.87. The van der Waals surface area contributed by atoms with Crippen molar-refractivity contribution in [1.29, 1.82) is 0 Å². The lowest BCUT2D eigenvalue weighted by Gasteiger charge is -2.25. The van der Waals surface area contributed by atoms with E-state index in [1.54, 1.807) is 6.20 Å². The van der Waals surface area contributed by atoms with Crippen LogP contribution in [0.3, 0.4) is 0 Å². The first-order chi connectivity index (χ1) is 15.0. The number of pyridine rings is 1. The zero-order valence-electron chi connectivity index (χ0n) is 17.7. The van der Waals surface area contributed by atoms with Gasteiger partial charge in [0.25, 0.3) is 20.2 Å². The number of thiophene rings is 1. The maximum Gasteiger partial charge on any atom is 0.261 e. The number of aromatic nitrogens is 1. The van der Waals surface area contributed by atoms with Crippen LogP contribution in [0.2, 0.25) is 8.67 Å². The highest BCUT2D eigenvalue weighted by Crippen LogP contribution is 2.41. The average Bonchev–Trinajstić information content (AvgIpc) is 2.95. The summed E-state index contributed by atoms with van der Waals surface area (Å²) in [6.45, 7) is 2.03. The van der Waals surface area contributed by atoms with E-state index in [9.17, 15) is 16.8 Å². The third-order valence-corrected chi connectivity index (χ3v) is 5.33. The molecule has 2 aromatic rings. The summed E-state index contributed by atoms with van der Waals surface area (Å²) in [6.07, 6.45) is 4.70. The summed E-state index contributed by atoms with van der Waals surface area (Å²) in [6, 6.07) is 3.87. The molecule has 1 aliphatic carbocycles. The quantitative estimate of drug-likeness (QED) is 0.184. The van der Waals surface area contributed by atoms with E-state index in [0.717, 1.165) is 34.5 Å². The molecule has 1 atom stereocenters. The molecule has 0 bridgehead atoms. The monoisotopic (exact) mass is 559 g/mol. The van der Waals surface area contributed by atoms with Crippen LogP contribution < -0.4 is 11.5 Å². The van der Waals surface area contributed by atoms with E-state index < -0.39 is 20.2 Å². The molecule has 2 aromatic heterocycles. The molecule has 0 radical (unpaired) electrons. The van der Waals surface area contributed by atoms with Gasteiger partial charge in [-0.05, 0) is 48.9 Å². The number of rotatable bonds is 2. The molecular weight excluding hydrogens is 537 g/mol. The zero-order chi connectivity index (χ0) is 25.6. The number of guanidine groups is 1. The molecule has 0 aromatic carbocycles. The number of nitrogens with zero attached hydrogens (tertiary/aromatic N) is 3. The summed E-state index contributed by atoms with van der Waals surface area (Å²) < 4.78 is 53.1. The fourth-order valence-electron chi connectivity index (χ4n) is 2.86. The first-order valence-electron chi connectivity index (χ1n) is 8.85. The molecule has 0 aliphatic heterocycles. The van der Waals surface area contributed by atoms with Crippen molar-refractivity contribution in [2.24, 2.45) is 21.7 Å². The molecule has 0 amide bonds. The van der Waals surface area contributed by atoms with Crippen LogP contribution in [0.15, 0.2) is 28.5 Å². The van der Waals surface area contributed by atoms with Crippen molar-refractivity contribution in [3.8, 4) is 0 Å². The molecule has 6 N–H and O–H groups in total. The second kappa shape index (κ2) is 12.1. The van der Waals surface area contributed by atoms with Crippen LogP contribution in [-0.2, 0) is 26.7 Å². The van der Waals surface area contributed by atoms with E-state index in [4.69, 9.17) is 43.8 Å². The van der Waals surface area contributed by atoms with Crippen molar-refractivity contribution < 1.29 is 25.9 Å². The molecule has 0 saturated carbocycles. The summed E-state index contributed by atoms with van der Waals surface area (Å²) in [5, 5.41) is 8.06. The molecule has 0 fully saturated rings. The highest BCUT2D eigenvalue weighted by molar-refractivity contribution is 7.85. The van der Waals surface area contributed by atoms with Crippen LogP contribution in [0.1, 0.15) is 34.7 Å². The van der Waals surface area contributed by atoms with Crippen LogP contribution in [0.4, 0.5) is 0 Å². The van der Waals surface area contributed by atoms with Gasteiger partial charge in [-0.1, -0.05) is 23.2 Å². The van der Waals surface area contributed by atoms with Crippen LogP contribution >= 0.6 is 34.5 Å². The standard InChI is InChI=1S/C15H15Cl2N5S.2CH4O3S/c1-7-2-3-20-10-4-8(9-6-12(16)23-14(9)17)5-11(13(7)10)21-22-15(18)19;2*1-5(2,3)4/h2-3,6,8H,4-5H2,1H3,(H4,18,19,22);2*1H3,(H,2,3,4)/b21-11+;;/t8-;;/m0../s1. The number of aryl methyl sites for hydroxylation is 1. The minimum absolute atomic E-state index is 0.0701. The Balaban J connectivity index is 0.000000460. The lowest BCUT2D eigenvalue weighted by atomic mass is 9.81. The van der Waals surface area contributed by atoms with E-state index >= 15 is 0 Å². The Morgan fingerprint density at radius 1 is 1.15 bits per heavy atom. The van der Waals surface area contributed by atoms with E-state index in [-0.39, 0.29) is 11.9 Å². The topological polar surface area (TPSA) is 198 Å². The van der Waals surface area contributed by atoms with Crippen molar-refractivity contribution >= 4 is 66.4 Å². The maximum atomic E-state index is 9.19. The molecule has 0 saturated heterocycles. The third kappa shape index (κ3) is 11.7. The molecule has 1 aliphatic rings. The Kier molecular flexibility index (Phi) is 10.7. The Labute approximate surface area is 206 Å². The molecule has 0 unspecified atom stereocenters. The predicted octanol–water partition coefficient (Wildman–Crippen LogP) is 2.47. The smallest absolute Gasteiger partial charge is 0.261 e. The number of hydrogen-bond acceptors (Lipinski definition) is 8. The van der Waals surface area contributed by atoms with Crippen molar-refractivity contribution in [2.75, 3.05) is 12.5 Å². The summed E-state index contributed by atoms with van der Waals surface area (Å²) in [7, 11) is -7.33. The summed E-state index contributed by atoms with van der Waals surface area (Å²) in [4.78, 5) is 4.51. The van der Waals surface area contributed by atoms with Gasteiger partial charge in [0.2, 0.25) is 5.96 Å². The first kappa shape index (κ1) is 29.2. The highest BCUT2D eigenvalue weighted by atomic mass is 35.5. The minimum atomic E-state index is -3.67. The minimum Gasteiger partial charge on any atom is -0.369 e. The van der Waals surface area contributed by atoms with Gasteiger partial charge in [0, 0.05) is 11.8 Å². The van der Waals surface area contributed by atoms with Gasteiger partial charge in [0.1, 0.15) is 0 Å². The summed E-state index contributed by atoms with van der Waals surface area (Å²) in [5.41, 5.74) is 15.8. The lowest BCUT2D eigenvalue weighted by Crippen LogP contribution is -2.24. The largest absolute Gasteiger partial charge is 0.369 e. The molecule has 11 nitrogen and oxygen atoms in total. The van der Waals surface area contributed by atoms with Crippen molar-refractivity contribution in [1.82, 2.24) is 4.98 Å². The average molecular weight is 561 g/mol. The fourth-order valence-corrected chi connectivity index (χ4v) is 4.49. The van der Waals surface area contributed by atoms with Gasteiger partial charge in [-0.2, -0.15) is 21.9 Å². The zero-order valence-corrected chi connectivity index (χ0v) is 21.7. The highest BCUT2D eigenvalue weighted by Gasteiger charge is 2.29. The predicted molar refractivity (Wildman–Crippen MR) is 132 cm³/mol. The molecule has 3 rings (SSSR count). The van der Waals surface area contributed by atoms with Crippen molar-refractivity contribution in [3.63, 3.8) is 0 Å². The SMILES string of the molecule is CS(=O)(=O)O.CS(=O)(=O)O.Cc1ccnc2c1/C(=N/N=C(N)N)C[C@@H](c1cc(Cl)sc1Cl)C2. The number of nitrogens with two attached hydrogens (primary N) is 2. The van der Waals surface area contributed by atoms with Crippen molar-refractivity contribution in [2.45, 2.75) is 25.7 Å². The van der Waals surface area contributed by atoms with Gasteiger partial charge in [-0.15, -0.1) is 16.4 Å². The van der Waals surface area contributed by atoms with Crippen LogP contribution in [0.5, 0.6) is 0 Å². The van der Waals surface area contributed by atoms with Crippen LogP contribution in [0, 0.1) is 6.92 Å². The summed E-state index contributed by atoms with van der Waals surface area (Å²) in [5.74, 6) is 0.0836. The Hall–Kier alpha value is -1.81. The molecule has 16 heteroatoms. The van der Waals surface area contributed by atoms with E-state index in [0.29, 0.717) is 27.6 Å². The lowest BCUT2D eigenvalue weighted by molar-refractivity contribution is 0.488. The van der Waals surface area contributed by atoms with Gasteiger partial charge in [-0.3, -0.25) is 14.1 Å². The molecule has 33 heavy (non-hydrogen) atoms. The van der Waals surface area contributed by atoms with E-state index in [1.165, 1.54) is 11.3 Å². The third-order valence-electron chi connectivity index (χ3n) is 3.81. The van der Waals surface area contributed by atoms with Gasteiger partial charge in [0.15, 0.2) is 0 Å². The Morgan fingerprint density at radius 3 is 2.15 bits per heavy atom. The van der Waals surface area contributed by atoms with Gasteiger partial charge in [0.05, 0.1) is 32.6 Å². The van der Waals surface area contributed by atoms with E-state index in [2.05, 4.69) is 15.2 Å². The Bertz CT molecular complexity index is 1210. The van der Waals surface area contributed by atoms with E-state index in [1.807, 2.05) is 19.1 Å². The number of fused-ring (bicyclic) bond motifs is 1. The van der Waals surface area contributed by atoms with Crippen LogP contribution in [-0.4, -0.2) is 55.1 Å². The first-order valence-corrected chi connectivity index (χ1v) is 14.1. The number of halogens is 2. The van der Waals surface area contributed by atoms with Crippen molar-refractivity contribution in [3.05, 3.63) is 49.4 Å². The molecule has 0 spiro atoms. The maximum absolute atomic E-state index is 9.19.